The van der Waals surface area contributed by atoms with Gasteiger partial charge in [0.2, 0.25) is 10.0 Å². The summed E-state index contributed by atoms with van der Waals surface area (Å²) in [5.41, 5.74) is 4.48. The largest absolute Gasteiger partial charge is 0.284 e. The Hall–Kier alpha value is -3.36. The van der Waals surface area contributed by atoms with Crippen LogP contribution in [-0.4, -0.2) is 28.6 Å². The van der Waals surface area contributed by atoms with Gasteiger partial charge in [0, 0.05) is 48.7 Å². The zero-order valence-electron chi connectivity index (χ0n) is 14.8. The molecule has 0 unspecified atom stereocenters. The number of benzene rings is 1. The van der Waals surface area contributed by atoms with Crippen LogP contribution in [0.25, 0.3) is 22.4 Å². The fourth-order valence-electron chi connectivity index (χ4n) is 2.87. The summed E-state index contributed by atoms with van der Waals surface area (Å²) in [7, 11) is -3.60. The Morgan fingerprint density at radius 3 is 2.36 bits per heavy atom. The normalized spacial score (nSPS) is 11.4. The molecule has 4 aromatic rings. The topological polar surface area (TPSA) is 101 Å². The van der Waals surface area contributed by atoms with Crippen LogP contribution in [0.2, 0.25) is 0 Å². The summed E-state index contributed by atoms with van der Waals surface area (Å²) in [6.45, 7) is 0.174. The number of nitrogens with zero attached hydrogens (tertiary/aromatic N) is 3. The van der Waals surface area contributed by atoms with Gasteiger partial charge in [-0.2, -0.15) is 5.10 Å². The van der Waals surface area contributed by atoms with Crippen molar-refractivity contribution >= 4 is 10.0 Å². The minimum Gasteiger partial charge on any atom is -0.284 e. The maximum Gasteiger partial charge on any atom is 0.240 e. The van der Waals surface area contributed by atoms with Gasteiger partial charge < -0.3 is 0 Å². The highest BCUT2D eigenvalue weighted by molar-refractivity contribution is 7.89. The van der Waals surface area contributed by atoms with E-state index in [1.54, 1.807) is 12.4 Å². The highest BCUT2D eigenvalue weighted by Crippen LogP contribution is 2.30. The summed E-state index contributed by atoms with van der Waals surface area (Å²) in [5.74, 6) is 0. The van der Waals surface area contributed by atoms with Crippen LogP contribution in [0.5, 0.6) is 0 Å². The minimum absolute atomic E-state index is 0.174. The molecule has 1 aromatic carbocycles. The van der Waals surface area contributed by atoms with Gasteiger partial charge in [-0.1, -0.05) is 18.2 Å². The summed E-state index contributed by atoms with van der Waals surface area (Å²) in [4.78, 5) is 8.07. The van der Waals surface area contributed by atoms with Crippen LogP contribution < -0.4 is 4.72 Å². The smallest absolute Gasteiger partial charge is 0.240 e. The van der Waals surface area contributed by atoms with Gasteiger partial charge in [0.25, 0.3) is 0 Å². The van der Waals surface area contributed by atoms with Gasteiger partial charge >= 0.3 is 0 Å². The third-order valence-electron chi connectivity index (χ3n) is 4.26. The third kappa shape index (κ3) is 3.83. The number of pyridine rings is 2. The molecule has 0 saturated carbocycles. The van der Waals surface area contributed by atoms with E-state index in [9.17, 15) is 8.42 Å². The molecule has 0 amide bonds. The lowest BCUT2D eigenvalue weighted by molar-refractivity contribution is 0.581. The lowest BCUT2D eigenvalue weighted by Crippen LogP contribution is -2.23. The monoisotopic (exact) mass is 391 g/mol. The van der Waals surface area contributed by atoms with E-state index >= 15 is 0 Å². The van der Waals surface area contributed by atoms with E-state index in [1.165, 1.54) is 24.5 Å². The van der Waals surface area contributed by atoms with Crippen molar-refractivity contribution in [1.82, 2.24) is 24.9 Å². The van der Waals surface area contributed by atoms with Crippen LogP contribution in [0.3, 0.4) is 0 Å². The first-order valence-corrected chi connectivity index (χ1v) is 10.0. The van der Waals surface area contributed by atoms with E-state index in [2.05, 4.69) is 24.9 Å². The van der Waals surface area contributed by atoms with Crippen molar-refractivity contribution in [1.29, 1.82) is 0 Å². The summed E-state index contributed by atoms with van der Waals surface area (Å²) >= 11 is 0. The number of hydrogen-bond donors (Lipinski definition) is 2. The molecule has 3 aromatic heterocycles. The number of aromatic amines is 1. The van der Waals surface area contributed by atoms with Gasteiger partial charge in [-0.15, -0.1) is 0 Å². The lowest BCUT2D eigenvalue weighted by atomic mass is 10.0. The average Bonchev–Trinajstić information content (AvgIpc) is 3.24. The molecule has 0 spiro atoms. The van der Waals surface area contributed by atoms with Gasteiger partial charge in [0.05, 0.1) is 10.6 Å². The van der Waals surface area contributed by atoms with Crippen LogP contribution in [-0.2, 0) is 16.6 Å². The fraction of sp³-hybridized carbons (Fsp3) is 0.0500. The van der Waals surface area contributed by atoms with Crippen molar-refractivity contribution in [2.75, 3.05) is 0 Å². The molecule has 0 bridgehead atoms. The lowest BCUT2D eigenvalue weighted by Gasteiger charge is -2.08. The molecule has 7 nitrogen and oxygen atoms in total. The highest BCUT2D eigenvalue weighted by Gasteiger charge is 2.14. The highest BCUT2D eigenvalue weighted by atomic mass is 32.2. The quantitative estimate of drug-likeness (QED) is 0.526. The number of hydrogen-bond acceptors (Lipinski definition) is 5. The molecule has 0 radical (unpaired) electrons. The minimum atomic E-state index is -3.60. The predicted molar refractivity (Wildman–Crippen MR) is 106 cm³/mol. The molecule has 2 N–H and O–H groups in total. The molecule has 4 rings (SSSR count). The second-order valence-corrected chi connectivity index (χ2v) is 7.86. The Morgan fingerprint density at radius 1 is 0.893 bits per heavy atom. The predicted octanol–water partition coefficient (Wildman–Crippen LogP) is 3.01. The van der Waals surface area contributed by atoms with Crippen molar-refractivity contribution in [3.05, 3.63) is 85.1 Å². The third-order valence-corrected chi connectivity index (χ3v) is 5.68. The summed E-state index contributed by atoms with van der Waals surface area (Å²) in [5, 5.41) is 7.27. The Balaban J connectivity index is 1.58. The van der Waals surface area contributed by atoms with Gasteiger partial charge in [-0.25, -0.2) is 13.1 Å². The maximum absolute atomic E-state index is 12.4. The van der Waals surface area contributed by atoms with Crippen molar-refractivity contribution in [3.8, 4) is 22.4 Å². The van der Waals surface area contributed by atoms with Crippen LogP contribution >= 0.6 is 0 Å². The molecule has 0 fully saturated rings. The molecule has 140 valence electrons. The average molecular weight is 391 g/mol. The molecule has 8 heteroatoms. The van der Waals surface area contributed by atoms with E-state index in [0.29, 0.717) is 0 Å². The molecule has 0 aliphatic rings. The number of aromatic nitrogens is 4. The van der Waals surface area contributed by atoms with Crippen LogP contribution in [0.4, 0.5) is 0 Å². The summed E-state index contributed by atoms with van der Waals surface area (Å²) < 4.78 is 27.4. The van der Waals surface area contributed by atoms with Gasteiger partial charge in [-0.05, 0) is 41.5 Å². The molecule has 0 atom stereocenters. The second-order valence-electron chi connectivity index (χ2n) is 6.09. The molecular formula is C20H17N5O2S. The van der Waals surface area contributed by atoms with Crippen LogP contribution in [0.15, 0.2) is 84.4 Å². The first-order valence-electron chi connectivity index (χ1n) is 8.57. The van der Waals surface area contributed by atoms with Crippen molar-refractivity contribution in [2.45, 2.75) is 11.4 Å². The number of nitrogens with one attached hydrogen (secondary N) is 2. The number of H-pyrrole nitrogens is 1. The van der Waals surface area contributed by atoms with E-state index in [4.69, 9.17) is 0 Å². The van der Waals surface area contributed by atoms with Crippen molar-refractivity contribution in [3.63, 3.8) is 0 Å². The van der Waals surface area contributed by atoms with Gasteiger partial charge in [0.15, 0.2) is 0 Å². The van der Waals surface area contributed by atoms with Crippen LogP contribution in [0, 0.1) is 0 Å². The molecular weight excluding hydrogens is 374 g/mol. The standard InChI is InChI=1S/C20H17N5O2S/c26-28(27,18-6-10-22-11-7-18)24-13-15-2-1-3-17(12-15)20-19(14-23-25-20)16-4-8-21-9-5-16/h1-12,14,24H,13H2,(H,23,25). The van der Waals surface area contributed by atoms with Gasteiger partial charge in [-0.3, -0.25) is 15.1 Å². The molecule has 28 heavy (non-hydrogen) atoms. The Kier molecular flexibility index (Phi) is 4.96. The van der Waals surface area contributed by atoms with Crippen molar-refractivity contribution in [2.24, 2.45) is 0 Å². The van der Waals surface area contributed by atoms with E-state index < -0.39 is 10.0 Å². The summed E-state index contributed by atoms with van der Waals surface area (Å²) in [6.07, 6.45) is 8.21. The van der Waals surface area contributed by atoms with Crippen LogP contribution in [0.1, 0.15) is 5.56 Å². The number of rotatable bonds is 6. The summed E-state index contributed by atoms with van der Waals surface area (Å²) in [6, 6.07) is 14.4. The number of sulfonamides is 1. The second kappa shape index (κ2) is 7.71. The first kappa shape index (κ1) is 18.0. The van der Waals surface area contributed by atoms with E-state index in [1.807, 2.05) is 42.6 Å². The van der Waals surface area contributed by atoms with Crippen molar-refractivity contribution < 1.29 is 8.42 Å². The molecule has 0 aliphatic heterocycles. The molecule has 0 aliphatic carbocycles. The fourth-order valence-corrected chi connectivity index (χ4v) is 3.87. The zero-order valence-corrected chi connectivity index (χ0v) is 15.6. The van der Waals surface area contributed by atoms with Gasteiger partial charge in [0.1, 0.15) is 0 Å². The Labute approximate surface area is 162 Å². The Morgan fingerprint density at radius 2 is 1.61 bits per heavy atom. The first-order chi connectivity index (χ1) is 13.6. The maximum atomic E-state index is 12.4. The SMILES string of the molecule is O=S(=O)(NCc1cccc(-c2n[nH]cc2-c2ccncc2)c1)c1ccncc1. The van der Waals surface area contributed by atoms with E-state index in [0.717, 1.165) is 27.9 Å². The zero-order chi connectivity index (χ0) is 19.4. The molecule has 0 saturated heterocycles. The van der Waals surface area contributed by atoms with E-state index in [-0.39, 0.29) is 11.4 Å². The Bertz CT molecular complexity index is 1180. The molecule has 3 heterocycles.